The Labute approximate surface area is 121 Å². The Morgan fingerprint density at radius 1 is 1.48 bits per heavy atom. The zero-order chi connectivity index (χ0) is 14.7. The van der Waals surface area contributed by atoms with Gasteiger partial charge < -0.3 is 19.6 Å². The first-order valence-electron chi connectivity index (χ1n) is 6.85. The van der Waals surface area contributed by atoms with Crippen molar-refractivity contribution >= 4 is 6.09 Å². The number of hydrogen-bond acceptors (Lipinski definition) is 4. The van der Waals surface area contributed by atoms with Gasteiger partial charge in [-0.05, 0) is 24.0 Å². The van der Waals surface area contributed by atoms with Gasteiger partial charge in [-0.15, -0.1) is 0 Å². The Bertz CT molecular complexity index is 625. The van der Waals surface area contributed by atoms with E-state index in [0.717, 1.165) is 35.3 Å². The third kappa shape index (κ3) is 2.90. The number of carboxylic acid groups (broad SMARTS) is 1. The molecule has 21 heavy (non-hydrogen) atoms. The first-order chi connectivity index (χ1) is 10.3. The molecule has 2 N–H and O–H groups in total. The van der Waals surface area contributed by atoms with Crippen molar-refractivity contribution in [2.24, 2.45) is 0 Å². The number of rotatable bonds is 3. The number of hydrogen-bond donors (Lipinski definition) is 2. The Balaban J connectivity index is 1.97. The summed E-state index contributed by atoms with van der Waals surface area (Å²) in [7, 11) is 0. The van der Waals surface area contributed by atoms with Crippen LogP contribution in [0.2, 0.25) is 0 Å². The van der Waals surface area contributed by atoms with Gasteiger partial charge in [-0.25, -0.2) is 9.78 Å². The third-order valence-electron chi connectivity index (χ3n) is 3.59. The van der Waals surface area contributed by atoms with Crippen LogP contribution in [-0.4, -0.2) is 29.3 Å². The van der Waals surface area contributed by atoms with Gasteiger partial charge in [0.1, 0.15) is 6.10 Å². The molecule has 1 aliphatic heterocycles. The fourth-order valence-electron chi connectivity index (χ4n) is 2.68. The molecule has 1 aromatic carbocycles. The lowest BCUT2D eigenvalue weighted by molar-refractivity contribution is 0.0564. The Hall–Kier alpha value is -2.34. The van der Waals surface area contributed by atoms with E-state index in [9.17, 15) is 4.79 Å². The number of benzene rings is 1. The minimum absolute atomic E-state index is 0.238. The van der Waals surface area contributed by atoms with Gasteiger partial charge in [0.25, 0.3) is 0 Å². The maximum atomic E-state index is 10.7. The molecule has 0 bridgehead atoms. The van der Waals surface area contributed by atoms with Crippen molar-refractivity contribution in [3.8, 4) is 11.3 Å². The molecular weight excluding hydrogens is 272 g/mol. The van der Waals surface area contributed by atoms with Crippen molar-refractivity contribution in [1.29, 1.82) is 0 Å². The molecule has 110 valence electrons. The normalized spacial score (nSPS) is 17.8. The molecule has 0 saturated carbocycles. The number of aromatic nitrogens is 1. The van der Waals surface area contributed by atoms with Gasteiger partial charge in [0.05, 0.1) is 12.7 Å². The number of nitrogens with zero attached hydrogens (tertiary/aromatic N) is 1. The maximum Gasteiger partial charge on any atom is 0.404 e. The molecule has 0 spiro atoms. The summed E-state index contributed by atoms with van der Waals surface area (Å²) in [6, 6.07) is 5.90. The fraction of sp³-hybridized carbons (Fsp3) is 0.333. The summed E-state index contributed by atoms with van der Waals surface area (Å²) in [5.41, 5.74) is 3.15. The van der Waals surface area contributed by atoms with Crippen LogP contribution in [0.4, 0.5) is 4.79 Å². The molecule has 1 amide bonds. The average Bonchev–Trinajstić information content (AvgIpc) is 2.92. The van der Waals surface area contributed by atoms with E-state index >= 15 is 0 Å². The van der Waals surface area contributed by atoms with Crippen LogP contribution >= 0.6 is 0 Å². The molecule has 2 heterocycles. The van der Waals surface area contributed by atoms with Crippen LogP contribution in [0.1, 0.15) is 23.7 Å². The number of ether oxygens (including phenoxy) is 1. The van der Waals surface area contributed by atoms with E-state index < -0.39 is 6.09 Å². The summed E-state index contributed by atoms with van der Waals surface area (Å²) in [6.07, 6.45) is 3.53. The first-order valence-corrected chi connectivity index (χ1v) is 6.85. The van der Waals surface area contributed by atoms with E-state index in [2.05, 4.69) is 10.3 Å². The highest BCUT2D eigenvalue weighted by Crippen LogP contribution is 2.33. The van der Waals surface area contributed by atoms with Gasteiger partial charge >= 0.3 is 6.09 Å². The predicted molar refractivity (Wildman–Crippen MR) is 75.0 cm³/mol. The fourth-order valence-corrected chi connectivity index (χ4v) is 2.68. The van der Waals surface area contributed by atoms with E-state index in [-0.39, 0.29) is 12.6 Å². The Morgan fingerprint density at radius 3 is 3.14 bits per heavy atom. The molecule has 0 radical (unpaired) electrons. The lowest BCUT2D eigenvalue weighted by Gasteiger charge is -2.19. The second-order valence-electron chi connectivity index (χ2n) is 4.89. The quantitative estimate of drug-likeness (QED) is 0.907. The number of fused-ring (bicyclic) bond motifs is 1. The van der Waals surface area contributed by atoms with Gasteiger partial charge in [0, 0.05) is 12.2 Å². The minimum Gasteiger partial charge on any atom is -0.465 e. The second-order valence-corrected chi connectivity index (χ2v) is 4.89. The maximum absolute atomic E-state index is 10.7. The van der Waals surface area contributed by atoms with Crippen LogP contribution in [0.15, 0.2) is 35.2 Å². The molecule has 6 heteroatoms. The molecule has 0 saturated heterocycles. The number of nitrogens with one attached hydrogen (secondary N) is 1. The molecule has 2 aromatic rings. The van der Waals surface area contributed by atoms with Crippen molar-refractivity contribution in [3.05, 3.63) is 41.9 Å². The molecule has 0 fully saturated rings. The smallest absolute Gasteiger partial charge is 0.404 e. The van der Waals surface area contributed by atoms with Gasteiger partial charge in [0.2, 0.25) is 0 Å². The van der Waals surface area contributed by atoms with Gasteiger partial charge in [-0.1, -0.05) is 18.2 Å². The van der Waals surface area contributed by atoms with Crippen LogP contribution in [0.3, 0.4) is 0 Å². The van der Waals surface area contributed by atoms with Crippen LogP contribution in [0, 0.1) is 0 Å². The van der Waals surface area contributed by atoms with Gasteiger partial charge in [0.15, 0.2) is 12.2 Å². The molecule has 6 nitrogen and oxygen atoms in total. The van der Waals surface area contributed by atoms with Crippen molar-refractivity contribution in [2.75, 3.05) is 13.2 Å². The minimum atomic E-state index is -1.05. The van der Waals surface area contributed by atoms with E-state index in [1.165, 1.54) is 6.39 Å². The van der Waals surface area contributed by atoms with Crippen molar-refractivity contribution < 1.29 is 19.1 Å². The first kappa shape index (κ1) is 13.6. The van der Waals surface area contributed by atoms with E-state index in [1.807, 2.05) is 18.2 Å². The molecule has 0 aliphatic carbocycles. The van der Waals surface area contributed by atoms with E-state index in [0.29, 0.717) is 6.61 Å². The summed E-state index contributed by atoms with van der Waals surface area (Å²) in [5, 5.41) is 11.2. The highest BCUT2D eigenvalue weighted by Gasteiger charge is 2.23. The third-order valence-corrected chi connectivity index (χ3v) is 3.59. The molecule has 1 aromatic heterocycles. The van der Waals surface area contributed by atoms with E-state index in [1.54, 1.807) is 6.20 Å². The highest BCUT2D eigenvalue weighted by atomic mass is 16.5. The average molecular weight is 288 g/mol. The molecular formula is C15H16N2O4. The number of carbonyl (C=O) groups is 1. The van der Waals surface area contributed by atoms with Crippen molar-refractivity contribution in [3.63, 3.8) is 0 Å². The SMILES string of the molecule is O=C(O)NC[C@H]1OCCCc2c(-c3cnco3)cccc21. The van der Waals surface area contributed by atoms with Crippen LogP contribution in [-0.2, 0) is 11.2 Å². The van der Waals surface area contributed by atoms with Gasteiger partial charge in [-0.3, -0.25) is 0 Å². The van der Waals surface area contributed by atoms with Crippen molar-refractivity contribution in [2.45, 2.75) is 18.9 Å². The standard InChI is InChI=1S/C15H16N2O4/c18-15(19)17-8-14-12-4-1-3-11(13-7-16-9-21-13)10(12)5-2-6-20-14/h1,3-4,7,9,14,17H,2,5-6,8H2,(H,18,19)/t14-/m1/s1. The number of amides is 1. The summed E-state index contributed by atoms with van der Waals surface area (Å²) in [4.78, 5) is 14.7. The lowest BCUT2D eigenvalue weighted by atomic mass is 9.93. The monoisotopic (exact) mass is 288 g/mol. The topological polar surface area (TPSA) is 84.6 Å². The van der Waals surface area contributed by atoms with Gasteiger partial charge in [-0.2, -0.15) is 0 Å². The Morgan fingerprint density at radius 2 is 2.38 bits per heavy atom. The van der Waals surface area contributed by atoms with Crippen LogP contribution < -0.4 is 5.32 Å². The molecule has 1 aliphatic rings. The van der Waals surface area contributed by atoms with E-state index in [4.69, 9.17) is 14.3 Å². The highest BCUT2D eigenvalue weighted by molar-refractivity contribution is 5.65. The zero-order valence-electron chi connectivity index (χ0n) is 11.4. The number of oxazole rings is 1. The lowest BCUT2D eigenvalue weighted by Crippen LogP contribution is -2.28. The summed E-state index contributed by atoms with van der Waals surface area (Å²) >= 11 is 0. The van der Waals surface area contributed by atoms with Crippen molar-refractivity contribution in [1.82, 2.24) is 10.3 Å². The molecule has 3 rings (SSSR count). The largest absolute Gasteiger partial charge is 0.465 e. The summed E-state index contributed by atoms with van der Waals surface area (Å²) < 4.78 is 11.2. The zero-order valence-corrected chi connectivity index (χ0v) is 11.4. The summed E-state index contributed by atoms with van der Waals surface area (Å²) in [5.74, 6) is 0.721. The predicted octanol–water partition coefficient (Wildman–Crippen LogP) is 2.61. The van der Waals surface area contributed by atoms with Crippen LogP contribution in [0.25, 0.3) is 11.3 Å². The van der Waals surface area contributed by atoms with Crippen LogP contribution in [0.5, 0.6) is 0 Å². The molecule has 1 atom stereocenters. The molecule has 0 unspecified atom stereocenters. The summed E-state index contributed by atoms with van der Waals surface area (Å²) in [6.45, 7) is 0.846. The second kappa shape index (κ2) is 5.97. The Kier molecular flexibility index (Phi) is 3.87.